The Morgan fingerprint density at radius 3 is 2.68 bits per heavy atom. The number of allylic oxidation sites excluding steroid dienone is 1. The van der Waals surface area contributed by atoms with Gasteiger partial charge in [0.2, 0.25) is 5.91 Å². The second-order valence-corrected chi connectivity index (χ2v) is 5.21. The first-order valence-electron chi connectivity index (χ1n) is 6.67. The Morgan fingerprint density at radius 1 is 1.47 bits per heavy atom. The van der Waals surface area contributed by atoms with Crippen molar-refractivity contribution in [2.24, 2.45) is 17.8 Å². The third kappa shape index (κ3) is 4.06. The van der Waals surface area contributed by atoms with Gasteiger partial charge in [0, 0.05) is 11.8 Å². The van der Waals surface area contributed by atoms with E-state index in [1.165, 1.54) is 7.11 Å². The Hall–Kier alpha value is -1.36. The molecule has 0 saturated heterocycles. The number of aliphatic hydroxyl groups excluding tert-OH is 1. The van der Waals surface area contributed by atoms with Crippen LogP contribution in [0, 0.1) is 17.8 Å². The van der Waals surface area contributed by atoms with E-state index in [0.29, 0.717) is 6.42 Å². The Bertz CT molecular complexity index is 351. The van der Waals surface area contributed by atoms with Crippen molar-refractivity contribution in [2.75, 3.05) is 13.7 Å². The molecule has 0 aliphatic heterocycles. The first-order chi connectivity index (χ1) is 9.01. The van der Waals surface area contributed by atoms with Crippen LogP contribution in [0.4, 0.5) is 0 Å². The van der Waals surface area contributed by atoms with Crippen LogP contribution in [0.5, 0.6) is 0 Å². The van der Waals surface area contributed by atoms with Gasteiger partial charge in [-0.25, -0.2) is 4.79 Å². The average molecular weight is 269 g/mol. The van der Waals surface area contributed by atoms with Crippen LogP contribution < -0.4 is 5.32 Å². The summed E-state index contributed by atoms with van der Waals surface area (Å²) in [6, 6.07) is -0.636. The van der Waals surface area contributed by atoms with Crippen LogP contribution in [-0.2, 0) is 14.3 Å². The van der Waals surface area contributed by atoms with Crippen LogP contribution in [0.15, 0.2) is 12.2 Å². The standard InChI is InChI=1S/C14H23NO4/c1-9(2)12(14(18)19-3)15-13(17)11-7-5-4-6-10(11)8-16/h4,6,9-12,16H,5,7-8H2,1-3H3,(H,15,17)/t10-,11?,12?/m0/s1. The van der Waals surface area contributed by atoms with E-state index >= 15 is 0 Å². The summed E-state index contributed by atoms with van der Waals surface area (Å²) in [6.07, 6.45) is 5.36. The van der Waals surface area contributed by atoms with E-state index < -0.39 is 12.0 Å². The molecule has 2 N–H and O–H groups in total. The molecule has 5 heteroatoms. The molecule has 1 rings (SSSR count). The highest BCUT2D eigenvalue weighted by Crippen LogP contribution is 2.25. The number of carbonyl (C=O) groups is 2. The monoisotopic (exact) mass is 269 g/mol. The van der Waals surface area contributed by atoms with Crippen LogP contribution in [0.3, 0.4) is 0 Å². The second kappa shape index (κ2) is 7.28. The molecule has 2 unspecified atom stereocenters. The van der Waals surface area contributed by atoms with E-state index in [-0.39, 0.29) is 30.3 Å². The molecule has 1 aliphatic rings. The van der Waals surface area contributed by atoms with Crippen molar-refractivity contribution in [2.45, 2.75) is 32.7 Å². The maximum Gasteiger partial charge on any atom is 0.328 e. The first kappa shape index (κ1) is 15.7. The number of aliphatic hydroxyl groups is 1. The van der Waals surface area contributed by atoms with Gasteiger partial charge in [-0.05, 0) is 18.8 Å². The molecule has 1 aliphatic carbocycles. The fourth-order valence-electron chi connectivity index (χ4n) is 2.29. The third-order valence-corrected chi connectivity index (χ3v) is 3.51. The Balaban J connectivity index is 2.71. The van der Waals surface area contributed by atoms with Crippen LogP contribution in [0.1, 0.15) is 26.7 Å². The molecular weight excluding hydrogens is 246 g/mol. The van der Waals surface area contributed by atoms with Gasteiger partial charge in [0.05, 0.1) is 13.7 Å². The lowest BCUT2D eigenvalue weighted by molar-refractivity contribution is -0.147. The lowest BCUT2D eigenvalue weighted by atomic mass is 9.83. The van der Waals surface area contributed by atoms with Crippen LogP contribution in [-0.4, -0.2) is 36.7 Å². The van der Waals surface area contributed by atoms with Gasteiger partial charge in [-0.1, -0.05) is 26.0 Å². The zero-order valence-electron chi connectivity index (χ0n) is 11.8. The van der Waals surface area contributed by atoms with Gasteiger partial charge in [0.15, 0.2) is 0 Å². The summed E-state index contributed by atoms with van der Waals surface area (Å²) < 4.78 is 4.70. The number of rotatable bonds is 5. The molecule has 0 fully saturated rings. The minimum Gasteiger partial charge on any atom is -0.467 e. The summed E-state index contributed by atoms with van der Waals surface area (Å²) in [5, 5.41) is 12.0. The number of methoxy groups -OCH3 is 1. The summed E-state index contributed by atoms with van der Waals surface area (Å²) in [7, 11) is 1.31. The number of hydrogen-bond acceptors (Lipinski definition) is 4. The molecule has 0 radical (unpaired) electrons. The van der Waals surface area contributed by atoms with Crippen molar-refractivity contribution in [3.63, 3.8) is 0 Å². The molecule has 0 heterocycles. The smallest absolute Gasteiger partial charge is 0.328 e. The number of nitrogens with one attached hydrogen (secondary N) is 1. The third-order valence-electron chi connectivity index (χ3n) is 3.51. The Morgan fingerprint density at radius 2 is 2.16 bits per heavy atom. The van der Waals surface area contributed by atoms with E-state index in [9.17, 15) is 14.7 Å². The van der Waals surface area contributed by atoms with Crippen molar-refractivity contribution in [3.8, 4) is 0 Å². The van der Waals surface area contributed by atoms with Gasteiger partial charge < -0.3 is 15.2 Å². The van der Waals surface area contributed by atoms with Gasteiger partial charge in [-0.15, -0.1) is 0 Å². The predicted molar refractivity (Wildman–Crippen MR) is 71.2 cm³/mol. The van der Waals surface area contributed by atoms with Crippen LogP contribution in [0.25, 0.3) is 0 Å². The highest BCUT2D eigenvalue weighted by molar-refractivity contribution is 5.86. The molecule has 0 saturated carbocycles. The number of hydrogen-bond donors (Lipinski definition) is 2. The average Bonchev–Trinajstić information content (AvgIpc) is 2.43. The zero-order valence-corrected chi connectivity index (χ0v) is 11.8. The molecule has 5 nitrogen and oxygen atoms in total. The summed E-state index contributed by atoms with van der Waals surface area (Å²) in [5.74, 6) is -1.11. The highest BCUT2D eigenvalue weighted by Gasteiger charge is 2.32. The lowest BCUT2D eigenvalue weighted by Gasteiger charge is -2.28. The molecule has 0 aromatic rings. The molecular formula is C14H23NO4. The van der Waals surface area contributed by atoms with Gasteiger partial charge >= 0.3 is 5.97 Å². The minimum atomic E-state index is -0.636. The van der Waals surface area contributed by atoms with Crippen molar-refractivity contribution in [1.29, 1.82) is 0 Å². The molecule has 0 bridgehead atoms. The minimum absolute atomic E-state index is 0.0388. The first-order valence-corrected chi connectivity index (χ1v) is 6.67. The van der Waals surface area contributed by atoms with Gasteiger partial charge in [0.25, 0.3) is 0 Å². The molecule has 0 aromatic carbocycles. The van der Waals surface area contributed by atoms with E-state index in [4.69, 9.17) is 4.74 Å². The molecule has 0 aromatic heterocycles. The summed E-state index contributed by atoms with van der Waals surface area (Å²) >= 11 is 0. The number of ether oxygens (including phenoxy) is 1. The molecule has 3 atom stereocenters. The van der Waals surface area contributed by atoms with Crippen molar-refractivity contribution in [1.82, 2.24) is 5.32 Å². The second-order valence-electron chi connectivity index (χ2n) is 5.21. The number of esters is 1. The van der Waals surface area contributed by atoms with Crippen LogP contribution >= 0.6 is 0 Å². The summed E-state index contributed by atoms with van der Waals surface area (Å²) in [6.45, 7) is 3.65. The molecule has 19 heavy (non-hydrogen) atoms. The SMILES string of the molecule is COC(=O)C(NC(=O)C1CCC=C[C@H]1CO)C(C)C. The summed E-state index contributed by atoms with van der Waals surface area (Å²) in [4.78, 5) is 23.9. The van der Waals surface area contributed by atoms with E-state index in [2.05, 4.69) is 5.32 Å². The van der Waals surface area contributed by atoms with Crippen molar-refractivity contribution in [3.05, 3.63) is 12.2 Å². The van der Waals surface area contributed by atoms with Crippen LogP contribution in [0.2, 0.25) is 0 Å². The van der Waals surface area contributed by atoms with E-state index in [0.717, 1.165) is 6.42 Å². The predicted octanol–water partition coefficient (Wildman–Crippen LogP) is 0.875. The fraction of sp³-hybridized carbons (Fsp3) is 0.714. The Kier molecular flexibility index (Phi) is 6.02. The zero-order chi connectivity index (χ0) is 14.4. The molecule has 1 amide bonds. The number of amides is 1. The van der Waals surface area contributed by atoms with Gasteiger partial charge in [0.1, 0.15) is 6.04 Å². The van der Waals surface area contributed by atoms with Crippen molar-refractivity contribution >= 4 is 11.9 Å². The normalized spacial score (nSPS) is 24.1. The summed E-state index contributed by atoms with van der Waals surface area (Å²) in [5.41, 5.74) is 0. The van der Waals surface area contributed by atoms with E-state index in [1.54, 1.807) is 0 Å². The lowest BCUT2D eigenvalue weighted by Crippen LogP contribution is -2.48. The topological polar surface area (TPSA) is 75.6 Å². The van der Waals surface area contributed by atoms with Gasteiger partial charge in [-0.3, -0.25) is 4.79 Å². The maximum absolute atomic E-state index is 12.2. The van der Waals surface area contributed by atoms with Gasteiger partial charge in [-0.2, -0.15) is 0 Å². The van der Waals surface area contributed by atoms with Crippen molar-refractivity contribution < 1.29 is 19.4 Å². The Labute approximate surface area is 114 Å². The highest BCUT2D eigenvalue weighted by atomic mass is 16.5. The van der Waals surface area contributed by atoms with E-state index in [1.807, 2.05) is 26.0 Å². The number of carbonyl (C=O) groups excluding carboxylic acids is 2. The quantitative estimate of drug-likeness (QED) is 0.574. The largest absolute Gasteiger partial charge is 0.467 e. The fourth-order valence-corrected chi connectivity index (χ4v) is 2.29. The molecule has 0 spiro atoms. The maximum atomic E-state index is 12.2. The molecule has 108 valence electrons.